The van der Waals surface area contributed by atoms with Crippen molar-refractivity contribution in [3.8, 4) is 11.5 Å². The van der Waals surface area contributed by atoms with Crippen molar-refractivity contribution in [2.24, 2.45) is 0 Å². The van der Waals surface area contributed by atoms with Gasteiger partial charge in [0.25, 0.3) is 11.7 Å². The second-order valence-corrected chi connectivity index (χ2v) is 7.97. The molecule has 2 aromatic rings. The Hall–Kier alpha value is -3.32. The van der Waals surface area contributed by atoms with Gasteiger partial charge in [0, 0.05) is 18.7 Å². The van der Waals surface area contributed by atoms with Crippen molar-refractivity contribution in [3.63, 3.8) is 0 Å². The SMILES string of the molecule is CCN(CC)CCN1C(=O)C(=O)/C(=C(\O)c2ccc(OC)cc2C)C1c1ccc(OC)cc1. The minimum Gasteiger partial charge on any atom is -0.507 e. The summed E-state index contributed by atoms with van der Waals surface area (Å²) in [6.07, 6.45) is 0. The summed E-state index contributed by atoms with van der Waals surface area (Å²) in [6.45, 7) is 8.65. The molecule has 1 saturated heterocycles. The van der Waals surface area contributed by atoms with Crippen molar-refractivity contribution < 1.29 is 24.2 Å². The standard InChI is InChI=1S/C26H32N2O5/c1-6-27(7-2)14-15-28-23(18-8-10-19(32-4)11-9-18)22(25(30)26(28)31)24(29)21-13-12-20(33-5)16-17(21)3/h8-13,16,23,29H,6-7,14-15H2,1-5H3/b24-22-. The lowest BCUT2D eigenvalue weighted by molar-refractivity contribution is -0.140. The molecule has 0 aliphatic carbocycles. The predicted octanol–water partition coefficient (Wildman–Crippen LogP) is 3.78. The Balaban J connectivity index is 2.12. The number of likely N-dealkylation sites (N-methyl/N-ethyl adjacent to an activating group) is 1. The van der Waals surface area contributed by atoms with Crippen molar-refractivity contribution in [2.75, 3.05) is 40.4 Å². The molecule has 7 nitrogen and oxygen atoms in total. The van der Waals surface area contributed by atoms with Crippen LogP contribution < -0.4 is 9.47 Å². The van der Waals surface area contributed by atoms with Crippen LogP contribution in [-0.4, -0.2) is 67.0 Å². The van der Waals surface area contributed by atoms with Gasteiger partial charge in [-0.3, -0.25) is 9.59 Å². The zero-order chi connectivity index (χ0) is 24.1. The molecule has 176 valence electrons. The maximum Gasteiger partial charge on any atom is 0.295 e. The molecule has 1 aliphatic heterocycles. The molecule has 0 saturated carbocycles. The van der Waals surface area contributed by atoms with E-state index in [0.717, 1.165) is 24.2 Å². The number of amides is 1. The molecular formula is C26H32N2O5. The Labute approximate surface area is 195 Å². The molecule has 7 heteroatoms. The van der Waals surface area contributed by atoms with Crippen LogP contribution >= 0.6 is 0 Å². The van der Waals surface area contributed by atoms with Gasteiger partial charge < -0.3 is 24.4 Å². The number of hydrogen-bond acceptors (Lipinski definition) is 6. The lowest BCUT2D eigenvalue weighted by atomic mass is 9.94. The van der Waals surface area contributed by atoms with E-state index in [-0.39, 0.29) is 11.3 Å². The molecule has 1 atom stereocenters. The Morgan fingerprint density at radius 3 is 2.15 bits per heavy atom. The molecule has 1 aliphatic rings. The lowest BCUT2D eigenvalue weighted by Gasteiger charge is -2.28. The molecule has 1 unspecified atom stereocenters. The fourth-order valence-electron chi connectivity index (χ4n) is 4.21. The molecule has 1 fully saturated rings. The van der Waals surface area contributed by atoms with E-state index in [1.54, 1.807) is 49.5 Å². The number of ether oxygens (including phenoxy) is 2. The number of carbonyl (C=O) groups excluding carboxylic acids is 2. The number of hydrogen-bond donors (Lipinski definition) is 1. The Kier molecular flexibility index (Phi) is 7.76. The number of rotatable bonds is 9. The zero-order valence-electron chi connectivity index (χ0n) is 19.9. The number of methoxy groups -OCH3 is 2. The van der Waals surface area contributed by atoms with Crippen molar-refractivity contribution in [3.05, 3.63) is 64.7 Å². The number of nitrogens with zero attached hydrogens (tertiary/aromatic N) is 2. The number of aliphatic hydroxyl groups excluding tert-OH is 1. The van der Waals surface area contributed by atoms with E-state index in [4.69, 9.17) is 9.47 Å². The topological polar surface area (TPSA) is 79.3 Å². The third-order valence-corrected chi connectivity index (χ3v) is 6.21. The summed E-state index contributed by atoms with van der Waals surface area (Å²) < 4.78 is 10.5. The summed E-state index contributed by atoms with van der Waals surface area (Å²) in [4.78, 5) is 30.0. The summed E-state index contributed by atoms with van der Waals surface area (Å²) in [5, 5.41) is 11.3. The first-order valence-corrected chi connectivity index (χ1v) is 11.2. The van der Waals surface area contributed by atoms with Crippen LogP contribution in [0.1, 0.15) is 36.6 Å². The van der Waals surface area contributed by atoms with E-state index < -0.39 is 17.7 Å². The number of aryl methyl sites for hydroxylation is 1. The highest BCUT2D eigenvalue weighted by Gasteiger charge is 2.46. The Bertz CT molecular complexity index is 1040. The van der Waals surface area contributed by atoms with Crippen molar-refractivity contribution in [2.45, 2.75) is 26.8 Å². The first kappa shape index (κ1) is 24.3. The van der Waals surface area contributed by atoms with E-state index in [0.29, 0.717) is 30.2 Å². The van der Waals surface area contributed by atoms with Gasteiger partial charge in [0.05, 0.1) is 25.8 Å². The first-order valence-electron chi connectivity index (χ1n) is 11.2. The lowest BCUT2D eigenvalue weighted by Crippen LogP contribution is -2.38. The average molecular weight is 453 g/mol. The van der Waals surface area contributed by atoms with Crippen molar-refractivity contribution in [1.29, 1.82) is 0 Å². The van der Waals surface area contributed by atoms with E-state index in [1.807, 2.05) is 19.1 Å². The monoisotopic (exact) mass is 452 g/mol. The minimum atomic E-state index is -0.687. The number of aliphatic hydroxyl groups is 1. The first-order chi connectivity index (χ1) is 15.9. The quantitative estimate of drug-likeness (QED) is 0.354. The number of benzene rings is 2. The van der Waals surface area contributed by atoms with Gasteiger partial charge in [-0.15, -0.1) is 0 Å². The maximum atomic E-state index is 13.2. The number of ketones is 1. The molecule has 2 aromatic carbocycles. The minimum absolute atomic E-state index is 0.0954. The summed E-state index contributed by atoms with van der Waals surface area (Å²) in [5.41, 5.74) is 2.07. The van der Waals surface area contributed by atoms with E-state index in [9.17, 15) is 14.7 Å². The molecule has 33 heavy (non-hydrogen) atoms. The summed E-state index contributed by atoms with van der Waals surface area (Å²) in [7, 11) is 3.15. The van der Waals surface area contributed by atoms with Crippen LogP contribution in [0.25, 0.3) is 5.76 Å². The normalized spacial score (nSPS) is 17.6. The molecule has 3 rings (SSSR count). The second-order valence-electron chi connectivity index (χ2n) is 7.97. The van der Waals surface area contributed by atoms with Gasteiger partial charge in [-0.05, 0) is 61.5 Å². The van der Waals surface area contributed by atoms with Gasteiger partial charge in [0.1, 0.15) is 17.3 Å². The Morgan fingerprint density at radius 2 is 1.61 bits per heavy atom. The van der Waals surface area contributed by atoms with Gasteiger partial charge >= 0.3 is 0 Å². The molecule has 0 spiro atoms. The van der Waals surface area contributed by atoms with E-state index in [1.165, 1.54) is 0 Å². The van der Waals surface area contributed by atoms with Gasteiger partial charge in [0.15, 0.2) is 0 Å². The van der Waals surface area contributed by atoms with E-state index in [2.05, 4.69) is 18.7 Å². The molecule has 0 bridgehead atoms. The molecule has 0 radical (unpaired) electrons. The van der Waals surface area contributed by atoms with Crippen LogP contribution in [0.3, 0.4) is 0 Å². The Morgan fingerprint density at radius 1 is 1.00 bits per heavy atom. The maximum absolute atomic E-state index is 13.2. The molecule has 1 heterocycles. The molecule has 0 aromatic heterocycles. The van der Waals surface area contributed by atoms with Crippen LogP contribution in [0.4, 0.5) is 0 Å². The second kappa shape index (κ2) is 10.5. The van der Waals surface area contributed by atoms with Crippen LogP contribution in [0.2, 0.25) is 0 Å². The largest absolute Gasteiger partial charge is 0.507 e. The highest BCUT2D eigenvalue weighted by Crippen LogP contribution is 2.40. The number of likely N-dealkylation sites (tertiary alicyclic amines) is 1. The van der Waals surface area contributed by atoms with Gasteiger partial charge in [-0.25, -0.2) is 0 Å². The smallest absolute Gasteiger partial charge is 0.295 e. The molecule has 1 amide bonds. The summed E-state index contributed by atoms with van der Waals surface area (Å²) in [6, 6.07) is 11.8. The number of Topliss-reactive ketones (excluding diaryl/α,β-unsaturated/α-hetero) is 1. The van der Waals surface area contributed by atoms with Gasteiger partial charge in [-0.1, -0.05) is 26.0 Å². The molecule has 1 N–H and O–H groups in total. The third-order valence-electron chi connectivity index (χ3n) is 6.21. The third kappa shape index (κ3) is 4.88. The van der Waals surface area contributed by atoms with Gasteiger partial charge in [0.2, 0.25) is 0 Å². The van der Waals surface area contributed by atoms with E-state index >= 15 is 0 Å². The highest BCUT2D eigenvalue weighted by atomic mass is 16.5. The summed E-state index contributed by atoms with van der Waals surface area (Å²) in [5.74, 6) is -0.140. The zero-order valence-corrected chi connectivity index (χ0v) is 19.9. The van der Waals surface area contributed by atoms with Crippen LogP contribution in [0.15, 0.2) is 48.0 Å². The van der Waals surface area contributed by atoms with Crippen molar-refractivity contribution >= 4 is 17.4 Å². The van der Waals surface area contributed by atoms with Gasteiger partial charge in [-0.2, -0.15) is 0 Å². The van der Waals surface area contributed by atoms with Crippen LogP contribution in [0.5, 0.6) is 11.5 Å². The average Bonchev–Trinajstić information content (AvgIpc) is 3.09. The highest BCUT2D eigenvalue weighted by molar-refractivity contribution is 6.46. The van der Waals surface area contributed by atoms with Crippen LogP contribution in [-0.2, 0) is 9.59 Å². The fraction of sp³-hybridized carbons (Fsp3) is 0.385. The number of carbonyl (C=O) groups is 2. The predicted molar refractivity (Wildman–Crippen MR) is 128 cm³/mol. The fourth-order valence-corrected chi connectivity index (χ4v) is 4.21. The van der Waals surface area contributed by atoms with Crippen LogP contribution in [0, 0.1) is 6.92 Å². The van der Waals surface area contributed by atoms with Crippen molar-refractivity contribution in [1.82, 2.24) is 9.80 Å². The summed E-state index contributed by atoms with van der Waals surface area (Å²) >= 11 is 0. The molecular weight excluding hydrogens is 420 g/mol.